The van der Waals surface area contributed by atoms with Gasteiger partial charge >= 0.3 is 0 Å². The van der Waals surface area contributed by atoms with Crippen LogP contribution in [0.2, 0.25) is 0 Å². The number of ether oxygens (including phenoxy) is 1. The van der Waals surface area contributed by atoms with Crippen molar-refractivity contribution >= 4 is 21.8 Å². The number of hydrogen-bond acceptors (Lipinski definition) is 3. The summed E-state index contributed by atoms with van der Waals surface area (Å²) in [6.45, 7) is 1.58. The van der Waals surface area contributed by atoms with Crippen molar-refractivity contribution < 1.29 is 9.53 Å². The summed E-state index contributed by atoms with van der Waals surface area (Å²) in [4.78, 5) is 11.1. The van der Waals surface area contributed by atoms with Gasteiger partial charge in [-0.05, 0) is 31.2 Å². The molecule has 1 atom stereocenters. The van der Waals surface area contributed by atoms with Gasteiger partial charge in [-0.25, -0.2) is 0 Å². The fraction of sp³-hybridized carbons (Fsp3) is 0.200. The monoisotopic (exact) mass is 268 g/mol. The van der Waals surface area contributed by atoms with Gasteiger partial charge in [0.15, 0.2) is 12.3 Å². The van der Waals surface area contributed by atoms with Crippen molar-refractivity contribution in [2.75, 3.05) is 0 Å². The molecule has 0 bridgehead atoms. The number of amides is 1. The number of hydrogen-bond donors (Lipinski definition) is 1. The highest BCUT2D eigenvalue weighted by Crippen LogP contribution is 2.17. The summed E-state index contributed by atoms with van der Waals surface area (Å²) in [5.41, 5.74) is 0. The third-order valence-corrected chi connectivity index (χ3v) is 2.20. The number of nitrogens with one attached hydrogen (secondary N) is 1. The van der Waals surface area contributed by atoms with Crippen LogP contribution in [0.3, 0.4) is 0 Å². The van der Waals surface area contributed by atoms with Crippen LogP contribution in [0, 0.1) is 11.5 Å². The molecule has 1 amide bonds. The zero-order valence-electron chi connectivity index (χ0n) is 8.03. The summed E-state index contributed by atoms with van der Waals surface area (Å²) in [6, 6.07) is 7.09. The Morgan fingerprint density at radius 2 is 2.13 bits per heavy atom. The van der Waals surface area contributed by atoms with Gasteiger partial charge < -0.3 is 4.74 Å². The number of carbonyl (C=O) groups excluding carboxylic acids is 1. The van der Waals surface area contributed by atoms with Gasteiger partial charge in [-0.3, -0.25) is 10.1 Å². The van der Waals surface area contributed by atoms with Gasteiger partial charge in [0.2, 0.25) is 0 Å². The van der Waals surface area contributed by atoms with E-state index in [1.54, 1.807) is 25.2 Å². The number of nitrogens with zero attached hydrogens (tertiary/aromatic N) is 1. The van der Waals surface area contributed by atoms with E-state index in [0.717, 1.165) is 4.47 Å². The summed E-state index contributed by atoms with van der Waals surface area (Å²) in [5, 5.41) is 10.3. The van der Waals surface area contributed by atoms with E-state index in [0.29, 0.717) is 5.75 Å². The second kappa shape index (κ2) is 5.37. The molecule has 0 aliphatic carbocycles. The molecule has 4 nitrogen and oxygen atoms in total. The summed E-state index contributed by atoms with van der Waals surface area (Å²) in [7, 11) is 0. The van der Waals surface area contributed by atoms with E-state index >= 15 is 0 Å². The average molecular weight is 269 g/mol. The minimum Gasteiger partial charge on any atom is -0.481 e. The van der Waals surface area contributed by atoms with Crippen molar-refractivity contribution in [2.24, 2.45) is 0 Å². The van der Waals surface area contributed by atoms with E-state index in [9.17, 15) is 4.79 Å². The van der Waals surface area contributed by atoms with E-state index < -0.39 is 12.0 Å². The molecule has 0 aromatic heterocycles. The fourth-order valence-corrected chi connectivity index (χ4v) is 1.19. The topological polar surface area (TPSA) is 62.1 Å². The van der Waals surface area contributed by atoms with Crippen LogP contribution in [-0.4, -0.2) is 12.0 Å². The summed E-state index contributed by atoms with van der Waals surface area (Å²) in [5.74, 6) is 0.124. The van der Waals surface area contributed by atoms with Crippen molar-refractivity contribution in [1.82, 2.24) is 5.32 Å². The van der Waals surface area contributed by atoms with E-state index in [1.165, 1.54) is 0 Å². The molecule has 1 N–H and O–H groups in total. The quantitative estimate of drug-likeness (QED) is 0.672. The van der Waals surface area contributed by atoms with Crippen molar-refractivity contribution in [3.05, 3.63) is 28.7 Å². The molecule has 5 heteroatoms. The number of rotatable bonds is 3. The molecule has 0 saturated heterocycles. The number of nitriles is 1. The van der Waals surface area contributed by atoms with Gasteiger partial charge in [0, 0.05) is 4.47 Å². The molecule has 0 aliphatic heterocycles. The Morgan fingerprint density at radius 1 is 1.53 bits per heavy atom. The largest absolute Gasteiger partial charge is 0.481 e. The number of carbonyl (C=O) groups is 1. The molecule has 1 aromatic carbocycles. The second-order valence-electron chi connectivity index (χ2n) is 2.82. The Hall–Kier alpha value is -1.54. The van der Waals surface area contributed by atoms with Gasteiger partial charge in [0.1, 0.15) is 5.75 Å². The first-order valence-corrected chi connectivity index (χ1v) is 5.04. The predicted molar refractivity (Wildman–Crippen MR) is 58.0 cm³/mol. The first kappa shape index (κ1) is 11.5. The Kier molecular flexibility index (Phi) is 4.13. The second-order valence-corrected chi connectivity index (χ2v) is 3.73. The highest BCUT2D eigenvalue weighted by molar-refractivity contribution is 9.10. The van der Waals surface area contributed by atoms with Crippen molar-refractivity contribution in [1.29, 1.82) is 5.26 Å². The molecule has 0 radical (unpaired) electrons. The first-order chi connectivity index (χ1) is 7.13. The number of halogens is 1. The molecule has 0 aliphatic rings. The van der Waals surface area contributed by atoms with Gasteiger partial charge in [0.05, 0.1) is 0 Å². The van der Waals surface area contributed by atoms with Crippen LogP contribution in [0.15, 0.2) is 28.7 Å². The van der Waals surface area contributed by atoms with Gasteiger partial charge in [-0.1, -0.05) is 15.9 Å². The van der Waals surface area contributed by atoms with E-state index in [4.69, 9.17) is 10.00 Å². The zero-order chi connectivity index (χ0) is 11.3. The Bertz CT molecular complexity index is 383. The van der Waals surface area contributed by atoms with Crippen molar-refractivity contribution in [3.63, 3.8) is 0 Å². The van der Waals surface area contributed by atoms with Gasteiger partial charge in [-0.2, -0.15) is 5.26 Å². The molecular formula is C10H9BrN2O2. The SMILES string of the molecule is CC(Oc1ccc(Br)cc1)C(=O)NC#N. The number of benzene rings is 1. The van der Waals surface area contributed by atoms with Crippen LogP contribution >= 0.6 is 15.9 Å². The van der Waals surface area contributed by atoms with Crippen LogP contribution < -0.4 is 10.1 Å². The molecule has 0 saturated carbocycles. The fourth-order valence-electron chi connectivity index (χ4n) is 0.928. The predicted octanol–water partition coefficient (Wildman–Crippen LogP) is 1.81. The molecule has 1 rings (SSSR count). The van der Waals surface area contributed by atoms with E-state index in [1.807, 2.05) is 17.4 Å². The minimum absolute atomic E-state index is 0.458. The van der Waals surface area contributed by atoms with Crippen molar-refractivity contribution in [2.45, 2.75) is 13.0 Å². The lowest BCUT2D eigenvalue weighted by atomic mass is 10.3. The van der Waals surface area contributed by atoms with Crippen LogP contribution in [0.1, 0.15) is 6.92 Å². The van der Waals surface area contributed by atoms with E-state index in [2.05, 4.69) is 15.9 Å². The third-order valence-electron chi connectivity index (χ3n) is 1.67. The summed E-state index contributed by atoms with van der Waals surface area (Å²) >= 11 is 3.29. The normalized spacial score (nSPS) is 11.3. The first-order valence-electron chi connectivity index (χ1n) is 4.24. The molecule has 1 aromatic rings. The van der Waals surface area contributed by atoms with Gasteiger partial charge in [0.25, 0.3) is 5.91 Å². The maximum Gasteiger partial charge on any atom is 0.273 e. The smallest absolute Gasteiger partial charge is 0.273 e. The lowest BCUT2D eigenvalue weighted by molar-refractivity contribution is -0.126. The summed E-state index contributed by atoms with van der Waals surface area (Å²) < 4.78 is 6.23. The Morgan fingerprint density at radius 3 is 2.67 bits per heavy atom. The maximum atomic E-state index is 11.1. The molecule has 78 valence electrons. The van der Waals surface area contributed by atoms with E-state index in [-0.39, 0.29) is 0 Å². The lowest BCUT2D eigenvalue weighted by Crippen LogP contribution is -2.33. The average Bonchev–Trinajstić information content (AvgIpc) is 2.22. The Labute approximate surface area is 96.0 Å². The molecular weight excluding hydrogens is 260 g/mol. The maximum absolute atomic E-state index is 11.1. The minimum atomic E-state index is -0.689. The summed E-state index contributed by atoms with van der Waals surface area (Å²) in [6.07, 6.45) is 0.867. The van der Waals surface area contributed by atoms with Gasteiger partial charge in [-0.15, -0.1) is 0 Å². The van der Waals surface area contributed by atoms with Crippen LogP contribution in [0.5, 0.6) is 5.75 Å². The lowest BCUT2D eigenvalue weighted by Gasteiger charge is -2.11. The zero-order valence-corrected chi connectivity index (χ0v) is 9.61. The molecule has 0 fully saturated rings. The molecule has 0 spiro atoms. The standard InChI is InChI=1S/C10H9BrN2O2/c1-7(10(14)13-6-12)15-9-4-2-8(11)3-5-9/h2-5,7H,1H3,(H,13,14). The highest BCUT2D eigenvalue weighted by atomic mass is 79.9. The molecule has 15 heavy (non-hydrogen) atoms. The molecule has 0 heterocycles. The van der Waals surface area contributed by atoms with Crippen LogP contribution in [0.25, 0.3) is 0 Å². The van der Waals surface area contributed by atoms with Crippen LogP contribution in [0.4, 0.5) is 0 Å². The Balaban J connectivity index is 2.59. The molecule has 1 unspecified atom stereocenters. The third kappa shape index (κ3) is 3.60. The highest BCUT2D eigenvalue weighted by Gasteiger charge is 2.13. The van der Waals surface area contributed by atoms with Crippen LogP contribution in [-0.2, 0) is 4.79 Å². The van der Waals surface area contributed by atoms with Crippen molar-refractivity contribution in [3.8, 4) is 11.9 Å².